The minimum absolute atomic E-state index is 0.0667. The Morgan fingerprint density at radius 3 is 2.66 bits per heavy atom. The normalized spacial score (nSPS) is 17.6. The van der Waals surface area contributed by atoms with E-state index < -0.39 is 11.9 Å². The molecule has 1 aliphatic heterocycles. The van der Waals surface area contributed by atoms with E-state index in [2.05, 4.69) is 15.9 Å². The van der Waals surface area contributed by atoms with E-state index >= 15 is 0 Å². The third-order valence-electron chi connectivity index (χ3n) is 5.86. The molecule has 0 saturated carbocycles. The van der Waals surface area contributed by atoms with Crippen molar-refractivity contribution in [2.24, 2.45) is 5.73 Å². The first-order valence-electron chi connectivity index (χ1n) is 10.7. The molecule has 35 heavy (non-hydrogen) atoms. The number of ketones is 1. The molecule has 2 aromatic carbocycles. The lowest BCUT2D eigenvalue weighted by molar-refractivity contribution is -0.136. The van der Waals surface area contributed by atoms with Gasteiger partial charge >= 0.3 is 5.97 Å². The van der Waals surface area contributed by atoms with Crippen LogP contribution in [0.25, 0.3) is 0 Å². The van der Waals surface area contributed by atoms with Gasteiger partial charge in [-0.1, -0.05) is 29.3 Å². The summed E-state index contributed by atoms with van der Waals surface area (Å²) >= 11 is 15.8. The van der Waals surface area contributed by atoms with Crippen molar-refractivity contribution in [3.05, 3.63) is 78.8 Å². The van der Waals surface area contributed by atoms with Crippen LogP contribution >= 0.6 is 39.1 Å². The number of halogens is 3. The van der Waals surface area contributed by atoms with E-state index in [4.69, 9.17) is 47.9 Å². The Labute approximate surface area is 220 Å². The molecular formula is C25H22BrCl2NO6. The van der Waals surface area contributed by atoms with Gasteiger partial charge < -0.3 is 24.7 Å². The van der Waals surface area contributed by atoms with Crippen LogP contribution in [-0.4, -0.2) is 26.0 Å². The highest BCUT2D eigenvalue weighted by Crippen LogP contribution is 2.47. The van der Waals surface area contributed by atoms with Gasteiger partial charge in [-0.2, -0.15) is 0 Å². The number of nitrogens with two attached hydrogens (primary N) is 1. The molecule has 4 rings (SSSR count). The lowest BCUT2D eigenvalue weighted by atomic mass is 9.77. The molecule has 0 spiro atoms. The van der Waals surface area contributed by atoms with Gasteiger partial charge in [-0.15, -0.1) is 0 Å². The molecule has 1 atom stereocenters. The molecule has 2 aromatic rings. The van der Waals surface area contributed by atoms with E-state index in [1.54, 1.807) is 30.3 Å². The fourth-order valence-corrected chi connectivity index (χ4v) is 5.27. The third-order valence-corrected chi connectivity index (χ3v) is 7.04. The number of allylic oxidation sites excluding steroid dienone is 2. The van der Waals surface area contributed by atoms with Crippen LogP contribution in [0.2, 0.25) is 10.0 Å². The highest BCUT2D eigenvalue weighted by molar-refractivity contribution is 9.10. The molecule has 0 aromatic heterocycles. The highest BCUT2D eigenvalue weighted by Gasteiger charge is 2.41. The summed E-state index contributed by atoms with van der Waals surface area (Å²) in [5.74, 6) is -0.339. The van der Waals surface area contributed by atoms with E-state index in [1.165, 1.54) is 14.2 Å². The van der Waals surface area contributed by atoms with Crippen molar-refractivity contribution in [1.29, 1.82) is 0 Å². The number of rotatable bonds is 6. The second-order valence-electron chi connectivity index (χ2n) is 7.98. The Morgan fingerprint density at radius 1 is 1.20 bits per heavy atom. The molecule has 7 nitrogen and oxygen atoms in total. The van der Waals surface area contributed by atoms with Gasteiger partial charge in [-0.3, -0.25) is 4.79 Å². The Balaban J connectivity index is 1.76. The standard InChI is InChI=1S/C25H22BrCl2NO6/c1-32-19-9-13(8-15(26)23(19)34-11-12-6-7-14(27)10-16(12)28)20-21-17(30)4-3-5-18(21)35-24(29)22(20)25(31)33-2/h6-10,20H,3-5,11,29H2,1-2H3/t20-/m0/s1. The van der Waals surface area contributed by atoms with E-state index in [1.807, 2.05) is 0 Å². The van der Waals surface area contributed by atoms with Crippen molar-refractivity contribution < 1.29 is 28.5 Å². The second kappa shape index (κ2) is 10.5. The monoisotopic (exact) mass is 581 g/mol. The smallest absolute Gasteiger partial charge is 0.340 e. The van der Waals surface area contributed by atoms with E-state index in [0.717, 1.165) is 5.56 Å². The van der Waals surface area contributed by atoms with Gasteiger partial charge in [-0.25, -0.2) is 4.79 Å². The summed E-state index contributed by atoms with van der Waals surface area (Å²) < 4.78 is 22.8. The Hall–Kier alpha value is -2.68. The van der Waals surface area contributed by atoms with Gasteiger partial charge in [0.1, 0.15) is 17.9 Å². The van der Waals surface area contributed by atoms with Gasteiger partial charge in [0.2, 0.25) is 5.88 Å². The number of hydrogen-bond acceptors (Lipinski definition) is 7. The van der Waals surface area contributed by atoms with E-state index in [9.17, 15) is 9.59 Å². The summed E-state index contributed by atoms with van der Waals surface area (Å²) in [4.78, 5) is 25.7. The summed E-state index contributed by atoms with van der Waals surface area (Å²) in [6.07, 6.45) is 1.56. The van der Waals surface area contributed by atoms with Gasteiger partial charge in [0, 0.05) is 34.0 Å². The zero-order valence-corrected chi connectivity index (χ0v) is 22.1. The maximum atomic E-state index is 13.0. The quantitative estimate of drug-likeness (QED) is 0.429. The molecule has 0 bridgehead atoms. The molecule has 0 radical (unpaired) electrons. The van der Waals surface area contributed by atoms with Gasteiger partial charge in [0.25, 0.3) is 0 Å². The number of Topliss-reactive ketones (excluding diaryl/α,β-unsaturated/α-hetero) is 1. The van der Waals surface area contributed by atoms with Gasteiger partial charge in [0.15, 0.2) is 17.3 Å². The number of methoxy groups -OCH3 is 2. The first-order chi connectivity index (χ1) is 16.7. The molecule has 184 valence electrons. The van der Waals surface area contributed by atoms with Crippen LogP contribution in [0.1, 0.15) is 36.3 Å². The molecule has 0 amide bonds. The lowest BCUT2D eigenvalue weighted by Gasteiger charge is -2.32. The van der Waals surface area contributed by atoms with Crippen molar-refractivity contribution in [2.45, 2.75) is 31.8 Å². The fraction of sp³-hybridized carbons (Fsp3) is 0.280. The van der Waals surface area contributed by atoms with Crippen molar-refractivity contribution in [1.82, 2.24) is 0 Å². The second-order valence-corrected chi connectivity index (χ2v) is 9.67. The number of ether oxygens (including phenoxy) is 4. The topological polar surface area (TPSA) is 97.1 Å². The van der Waals surface area contributed by atoms with Crippen molar-refractivity contribution in [3.8, 4) is 11.5 Å². The number of carbonyl (C=O) groups is 2. The zero-order valence-electron chi connectivity index (χ0n) is 19.0. The average molecular weight is 583 g/mol. The molecule has 2 N–H and O–H groups in total. The minimum atomic E-state index is -0.774. The van der Waals surface area contributed by atoms with Crippen LogP contribution in [0.5, 0.6) is 11.5 Å². The van der Waals surface area contributed by atoms with Crippen molar-refractivity contribution >= 4 is 50.9 Å². The Morgan fingerprint density at radius 2 is 1.97 bits per heavy atom. The molecule has 2 aliphatic rings. The summed E-state index contributed by atoms with van der Waals surface area (Å²) in [5, 5.41) is 1.00. The number of hydrogen-bond donors (Lipinski definition) is 1. The van der Waals surface area contributed by atoms with Crippen LogP contribution < -0.4 is 15.2 Å². The first-order valence-corrected chi connectivity index (χ1v) is 12.3. The summed E-state index contributed by atoms with van der Waals surface area (Å²) in [6.45, 7) is 0.162. The van der Waals surface area contributed by atoms with Crippen LogP contribution in [-0.2, 0) is 25.7 Å². The molecule has 0 saturated heterocycles. The van der Waals surface area contributed by atoms with Crippen LogP contribution in [0.3, 0.4) is 0 Å². The maximum absolute atomic E-state index is 13.0. The summed E-state index contributed by atoms with van der Waals surface area (Å²) in [6, 6.07) is 8.62. The SMILES string of the molecule is COC(=O)C1=C(N)OC2=C(C(=O)CCC2)[C@@H]1c1cc(Br)c(OCc2ccc(Cl)cc2Cl)c(OC)c1. The molecule has 0 fully saturated rings. The van der Waals surface area contributed by atoms with E-state index in [0.29, 0.717) is 62.2 Å². The Kier molecular flexibility index (Phi) is 7.64. The van der Waals surface area contributed by atoms with Crippen molar-refractivity contribution in [3.63, 3.8) is 0 Å². The average Bonchev–Trinajstić information content (AvgIpc) is 2.82. The highest BCUT2D eigenvalue weighted by atomic mass is 79.9. The number of esters is 1. The lowest BCUT2D eigenvalue weighted by Crippen LogP contribution is -2.31. The number of carbonyl (C=O) groups excluding carboxylic acids is 2. The van der Waals surface area contributed by atoms with Crippen molar-refractivity contribution in [2.75, 3.05) is 14.2 Å². The Bertz CT molecular complexity index is 1270. The molecule has 1 aliphatic carbocycles. The first kappa shape index (κ1) is 25.4. The fourth-order valence-electron chi connectivity index (χ4n) is 4.23. The predicted octanol–water partition coefficient (Wildman–Crippen LogP) is 5.81. The van der Waals surface area contributed by atoms with E-state index in [-0.39, 0.29) is 23.8 Å². The summed E-state index contributed by atoms with van der Waals surface area (Å²) in [5.41, 5.74) is 7.94. The maximum Gasteiger partial charge on any atom is 0.340 e. The molecular weight excluding hydrogens is 561 g/mol. The van der Waals surface area contributed by atoms with Gasteiger partial charge in [-0.05, 0) is 52.2 Å². The molecule has 10 heteroatoms. The van der Waals surface area contributed by atoms with Crippen LogP contribution in [0.15, 0.2) is 57.6 Å². The molecule has 1 heterocycles. The number of benzene rings is 2. The summed E-state index contributed by atoms with van der Waals surface area (Å²) in [7, 11) is 2.75. The predicted molar refractivity (Wildman–Crippen MR) is 134 cm³/mol. The minimum Gasteiger partial charge on any atom is -0.493 e. The largest absolute Gasteiger partial charge is 0.493 e. The third kappa shape index (κ3) is 5.01. The van der Waals surface area contributed by atoms with Crippen LogP contribution in [0, 0.1) is 0 Å². The van der Waals surface area contributed by atoms with Gasteiger partial charge in [0.05, 0.1) is 24.6 Å². The van der Waals surface area contributed by atoms with Crippen LogP contribution in [0.4, 0.5) is 0 Å². The molecule has 0 unspecified atom stereocenters. The zero-order chi connectivity index (χ0) is 25.3.